The van der Waals surface area contributed by atoms with Gasteiger partial charge >= 0.3 is 0 Å². The molecule has 1 aliphatic carbocycles. The molecular formula is C22H26N6O. The normalized spacial score (nSPS) is 17.5. The molecule has 0 spiro atoms. The van der Waals surface area contributed by atoms with Crippen molar-refractivity contribution in [2.75, 3.05) is 13.1 Å². The van der Waals surface area contributed by atoms with Gasteiger partial charge in [0.25, 0.3) is 5.56 Å². The number of hydrogen-bond donors (Lipinski definition) is 1. The molecule has 0 bridgehead atoms. The van der Waals surface area contributed by atoms with Gasteiger partial charge in [-0.05, 0) is 68.8 Å². The monoisotopic (exact) mass is 390 g/mol. The Hall–Kier alpha value is -2.80. The number of rotatable bonds is 5. The molecule has 29 heavy (non-hydrogen) atoms. The van der Waals surface area contributed by atoms with E-state index < -0.39 is 0 Å². The van der Waals surface area contributed by atoms with Crippen LogP contribution in [0.2, 0.25) is 0 Å². The summed E-state index contributed by atoms with van der Waals surface area (Å²) in [5, 5.41) is 7.75. The second-order valence-corrected chi connectivity index (χ2v) is 8.20. The zero-order valence-electron chi connectivity index (χ0n) is 16.5. The van der Waals surface area contributed by atoms with Crippen molar-refractivity contribution >= 4 is 0 Å². The zero-order chi connectivity index (χ0) is 19.6. The van der Waals surface area contributed by atoms with Gasteiger partial charge < -0.3 is 0 Å². The van der Waals surface area contributed by atoms with Crippen LogP contribution in [0.1, 0.15) is 36.2 Å². The quantitative estimate of drug-likeness (QED) is 0.724. The van der Waals surface area contributed by atoms with Crippen LogP contribution in [0.4, 0.5) is 0 Å². The number of aryl methyl sites for hydroxylation is 1. The lowest BCUT2D eigenvalue weighted by molar-refractivity contribution is 0.164. The average Bonchev–Trinajstić information content (AvgIpc) is 3.37. The summed E-state index contributed by atoms with van der Waals surface area (Å²) in [6.07, 6.45) is 10.9. The molecule has 0 radical (unpaired) electrons. The highest BCUT2D eigenvalue weighted by Crippen LogP contribution is 2.26. The van der Waals surface area contributed by atoms with E-state index in [1.165, 1.54) is 29.8 Å². The summed E-state index contributed by atoms with van der Waals surface area (Å²) < 4.78 is 1.76. The summed E-state index contributed by atoms with van der Waals surface area (Å²) in [7, 11) is 0. The Bertz CT molecular complexity index is 1030. The summed E-state index contributed by atoms with van der Waals surface area (Å²) in [5.41, 5.74) is 5.68. The average molecular weight is 390 g/mol. The Morgan fingerprint density at radius 3 is 2.76 bits per heavy atom. The maximum Gasteiger partial charge on any atom is 0.253 e. The second kappa shape index (κ2) is 7.91. The van der Waals surface area contributed by atoms with Crippen LogP contribution in [0.5, 0.6) is 0 Å². The molecule has 1 fully saturated rings. The molecule has 0 saturated carbocycles. The van der Waals surface area contributed by atoms with E-state index in [0.717, 1.165) is 51.0 Å². The zero-order valence-corrected chi connectivity index (χ0v) is 16.5. The minimum absolute atomic E-state index is 0.0151. The molecule has 5 rings (SSSR count). The fraction of sp³-hybridized carbons (Fsp3) is 0.455. The highest BCUT2D eigenvalue weighted by molar-refractivity contribution is 5.57. The molecule has 7 heteroatoms. The number of aromatic nitrogens is 5. The molecule has 1 N–H and O–H groups in total. The third-order valence-corrected chi connectivity index (χ3v) is 6.28. The third-order valence-electron chi connectivity index (χ3n) is 6.28. The summed E-state index contributed by atoms with van der Waals surface area (Å²) in [4.78, 5) is 23.6. The van der Waals surface area contributed by atoms with Crippen molar-refractivity contribution in [3.05, 3.63) is 64.2 Å². The van der Waals surface area contributed by atoms with Crippen molar-refractivity contribution in [3.63, 3.8) is 0 Å². The molecule has 2 aliphatic rings. The summed E-state index contributed by atoms with van der Waals surface area (Å²) >= 11 is 0. The molecule has 150 valence electrons. The maximum absolute atomic E-state index is 12.6. The molecule has 0 unspecified atom stereocenters. The van der Waals surface area contributed by atoms with Gasteiger partial charge in [-0.1, -0.05) is 0 Å². The largest absolute Gasteiger partial charge is 0.299 e. The van der Waals surface area contributed by atoms with Crippen LogP contribution in [0.3, 0.4) is 0 Å². The van der Waals surface area contributed by atoms with Gasteiger partial charge in [0.1, 0.15) is 0 Å². The molecule has 7 nitrogen and oxygen atoms in total. The fourth-order valence-corrected chi connectivity index (χ4v) is 4.58. The molecule has 3 aromatic heterocycles. The molecule has 0 atom stereocenters. The van der Waals surface area contributed by atoms with Gasteiger partial charge in [0.05, 0.1) is 17.7 Å². The lowest BCUT2D eigenvalue weighted by Crippen LogP contribution is -2.36. The predicted molar refractivity (Wildman–Crippen MR) is 110 cm³/mol. The SMILES string of the molecule is O=c1cc(-c2ccncc2)ncn1CC1CCN(Cc2n[nH]c3c2CCC3)CC1. The van der Waals surface area contributed by atoms with E-state index in [2.05, 4.69) is 25.1 Å². The van der Waals surface area contributed by atoms with Crippen molar-refractivity contribution in [3.8, 4) is 11.3 Å². The Morgan fingerprint density at radius 1 is 1.14 bits per heavy atom. The molecule has 1 saturated heterocycles. The fourth-order valence-electron chi connectivity index (χ4n) is 4.58. The van der Waals surface area contributed by atoms with Crippen molar-refractivity contribution < 1.29 is 0 Å². The van der Waals surface area contributed by atoms with Crippen molar-refractivity contribution in [2.45, 2.75) is 45.2 Å². The molecule has 0 amide bonds. The van der Waals surface area contributed by atoms with Gasteiger partial charge in [-0.25, -0.2) is 4.98 Å². The number of likely N-dealkylation sites (tertiary alicyclic amines) is 1. The van der Waals surface area contributed by atoms with E-state index in [-0.39, 0.29) is 5.56 Å². The van der Waals surface area contributed by atoms with Gasteiger partial charge in [0.2, 0.25) is 0 Å². The van der Waals surface area contributed by atoms with E-state index in [9.17, 15) is 4.79 Å². The van der Waals surface area contributed by atoms with E-state index in [4.69, 9.17) is 0 Å². The van der Waals surface area contributed by atoms with Crippen LogP contribution < -0.4 is 5.56 Å². The van der Waals surface area contributed by atoms with Gasteiger partial charge in [-0.3, -0.25) is 24.3 Å². The smallest absolute Gasteiger partial charge is 0.253 e. The van der Waals surface area contributed by atoms with Crippen molar-refractivity contribution in [1.29, 1.82) is 0 Å². The Balaban J connectivity index is 1.18. The van der Waals surface area contributed by atoms with Gasteiger partial charge in [0, 0.05) is 42.8 Å². The topological polar surface area (TPSA) is 79.7 Å². The predicted octanol–water partition coefficient (Wildman–Crippen LogP) is 2.43. The number of fused-ring (bicyclic) bond motifs is 1. The van der Waals surface area contributed by atoms with Crippen LogP contribution in [0.25, 0.3) is 11.3 Å². The summed E-state index contributed by atoms with van der Waals surface area (Å²) in [6.45, 7) is 3.81. The van der Waals surface area contributed by atoms with Gasteiger partial charge in [-0.2, -0.15) is 5.10 Å². The molecule has 0 aromatic carbocycles. The summed E-state index contributed by atoms with van der Waals surface area (Å²) in [5.74, 6) is 0.516. The Kier molecular flexibility index (Phi) is 4.97. The highest BCUT2D eigenvalue weighted by Gasteiger charge is 2.24. The van der Waals surface area contributed by atoms with Crippen LogP contribution >= 0.6 is 0 Å². The highest BCUT2D eigenvalue weighted by atomic mass is 16.1. The Morgan fingerprint density at radius 2 is 1.97 bits per heavy atom. The first-order valence-electron chi connectivity index (χ1n) is 10.5. The van der Waals surface area contributed by atoms with E-state index in [1.807, 2.05) is 12.1 Å². The lowest BCUT2D eigenvalue weighted by atomic mass is 9.96. The Labute approximate surface area is 169 Å². The molecular weight excluding hydrogens is 364 g/mol. The first-order valence-corrected chi connectivity index (χ1v) is 10.5. The molecule has 1 aliphatic heterocycles. The van der Waals surface area contributed by atoms with Gasteiger partial charge in [-0.15, -0.1) is 0 Å². The first kappa shape index (κ1) is 18.2. The van der Waals surface area contributed by atoms with Gasteiger partial charge in [0.15, 0.2) is 0 Å². The van der Waals surface area contributed by atoms with E-state index in [1.54, 1.807) is 29.4 Å². The number of H-pyrrole nitrogens is 1. The number of pyridine rings is 1. The van der Waals surface area contributed by atoms with E-state index >= 15 is 0 Å². The first-order chi connectivity index (χ1) is 14.3. The minimum Gasteiger partial charge on any atom is -0.299 e. The third kappa shape index (κ3) is 3.87. The standard InChI is InChI=1S/C22H26N6O/c29-22-12-20(17-4-8-23-9-5-17)24-15-28(22)13-16-6-10-27(11-7-16)14-21-18-2-1-3-19(18)25-26-21/h4-5,8-9,12,15-16H,1-3,6-7,10-11,13-14H2,(H,25,26). The lowest BCUT2D eigenvalue weighted by Gasteiger charge is -2.31. The maximum atomic E-state index is 12.6. The van der Waals surface area contributed by atoms with Crippen molar-refractivity contribution in [2.24, 2.45) is 5.92 Å². The van der Waals surface area contributed by atoms with Crippen LogP contribution in [-0.2, 0) is 25.9 Å². The second-order valence-electron chi connectivity index (χ2n) is 8.20. The van der Waals surface area contributed by atoms with Crippen LogP contribution in [0.15, 0.2) is 41.7 Å². The van der Waals surface area contributed by atoms with E-state index in [0.29, 0.717) is 11.6 Å². The summed E-state index contributed by atoms with van der Waals surface area (Å²) in [6, 6.07) is 5.37. The van der Waals surface area contributed by atoms with Crippen molar-refractivity contribution in [1.82, 2.24) is 29.6 Å². The molecule has 4 heterocycles. The number of hydrogen-bond acceptors (Lipinski definition) is 5. The molecule has 3 aromatic rings. The number of piperidine rings is 1. The van der Waals surface area contributed by atoms with Crippen LogP contribution in [0, 0.1) is 5.92 Å². The minimum atomic E-state index is 0.0151. The van der Waals surface area contributed by atoms with Crippen LogP contribution in [-0.4, -0.2) is 42.7 Å². The number of nitrogens with one attached hydrogen (secondary N) is 1. The number of nitrogens with zero attached hydrogens (tertiary/aromatic N) is 5. The number of aromatic amines is 1.